The van der Waals surface area contributed by atoms with E-state index in [9.17, 15) is 4.79 Å². The van der Waals surface area contributed by atoms with Gasteiger partial charge in [0.1, 0.15) is 25.1 Å². The van der Waals surface area contributed by atoms with Crippen molar-refractivity contribution in [3.05, 3.63) is 52.4 Å². The van der Waals surface area contributed by atoms with Gasteiger partial charge in [-0.05, 0) is 30.7 Å². The van der Waals surface area contributed by atoms with Crippen molar-refractivity contribution in [3.63, 3.8) is 0 Å². The summed E-state index contributed by atoms with van der Waals surface area (Å²) in [4.78, 5) is 18.1. The van der Waals surface area contributed by atoms with Gasteiger partial charge in [0.2, 0.25) is 0 Å². The molecule has 0 aliphatic carbocycles. The van der Waals surface area contributed by atoms with Crippen molar-refractivity contribution in [1.29, 1.82) is 0 Å². The molecule has 156 valence electrons. The molecule has 0 saturated carbocycles. The summed E-state index contributed by atoms with van der Waals surface area (Å²) in [7, 11) is 0. The van der Waals surface area contributed by atoms with Gasteiger partial charge >= 0.3 is 0 Å². The molecule has 9 heteroatoms. The molecule has 0 N–H and O–H groups in total. The summed E-state index contributed by atoms with van der Waals surface area (Å²) in [5.41, 5.74) is 1.04. The van der Waals surface area contributed by atoms with Crippen LogP contribution < -0.4 is 24.7 Å². The number of halogens is 1. The molecule has 0 bridgehead atoms. The summed E-state index contributed by atoms with van der Waals surface area (Å²) >= 11 is 0. The predicted molar refractivity (Wildman–Crippen MR) is 108 cm³/mol. The Balaban J connectivity index is 1.32. The zero-order chi connectivity index (χ0) is 20.7. The van der Waals surface area contributed by atoms with Gasteiger partial charge in [-0.25, -0.2) is 9.37 Å². The van der Waals surface area contributed by atoms with Crippen molar-refractivity contribution in [3.8, 4) is 17.2 Å². The molecular formula is C21H21FN4O4. The third kappa shape index (κ3) is 3.40. The third-order valence-corrected chi connectivity index (χ3v) is 5.33. The lowest BCUT2D eigenvalue weighted by Crippen LogP contribution is -2.47. The Morgan fingerprint density at radius 3 is 2.83 bits per heavy atom. The van der Waals surface area contributed by atoms with Crippen molar-refractivity contribution in [2.24, 2.45) is 0 Å². The van der Waals surface area contributed by atoms with Crippen molar-refractivity contribution < 1.29 is 18.6 Å². The molecule has 2 aliphatic heterocycles. The molecular weight excluding hydrogens is 391 g/mol. The Bertz CT molecular complexity index is 1150. The SMILES string of the molecule is Cc1cc2nccc(=O)n2nc1N1CC[C@H](Oc2ccc3c(c2)OCCO3)[C@H](F)C1. The number of anilines is 1. The number of aryl methyl sites for hydroxylation is 1. The summed E-state index contributed by atoms with van der Waals surface area (Å²) in [6, 6.07) is 8.42. The van der Waals surface area contributed by atoms with E-state index in [-0.39, 0.29) is 12.1 Å². The highest BCUT2D eigenvalue weighted by Gasteiger charge is 2.32. The van der Waals surface area contributed by atoms with Crippen LogP contribution in [0.2, 0.25) is 0 Å². The molecule has 5 rings (SSSR count). The van der Waals surface area contributed by atoms with Gasteiger partial charge in [-0.3, -0.25) is 4.79 Å². The Morgan fingerprint density at radius 1 is 1.17 bits per heavy atom. The third-order valence-electron chi connectivity index (χ3n) is 5.33. The molecule has 0 radical (unpaired) electrons. The van der Waals surface area contributed by atoms with E-state index >= 15 is 4.39 Å². The van der Waals surface area contributed by atoms with Crippen LogP contribution >= 0.6 is 0 Å². The monoisotopic (exact) mass is 412 g/mol. The molecule has 3 aromatic rings. The number of ether oxygens (including phenoxy) is 3. The fourth-order valence-electron chi connectivity index (χ4n) is 3.84. The molecule has 0 unspecified atom stereocenters. The highest BCUT2D eigenvalue weighted by atomic mass is 19.1. The Morgan fingerprint density at radius 2 is 2.00 bits per heavy atom. The largest absolute Gasteiger partial charge is 0.487 e. The number of nitrogens with zero attached hydrogens (tertiary/aromatic N) is 4. The Labute approximate surface area is 171 Å². The van der Waals surface area contributed by atoms with E-state index in [1.807, 2.05) is 11.8 Å². The number of rotatable bonds is 3. The van der Waals surface area contributed by atoms with Gasteiger partial charge in [0, 0.05) is 31.3 Å². The standard InChI is InChI=1S/C21H21FN4O4/c1-13-10-19-23-6-4-20(27)26(19)24-21(13)25-7-5-16(15(22)12-25)30-14-2-3-17-18(11-14)29-9-8-28-17/h2-4,6,10-11,15-16H,5,7-9,12H2,1H3/t15-,16+/m1/s1. The summed E-state index contributed by atoms with van der Waals surface area (Å²) in [5, 5.41) is 4.42. The molecule has 30 heavy (non-hydrogen) atoms. The lowest BCUT2D eigenvalue weighted by molar-refractivity contribution is 0.0809. The topological polar surface area (TPSA) is 78.2 Å². The number of hydrogen-bond donors (Lipinski definition) is 0. The van der Waals surface area contributed by atoms with E-state index < -0.39 is 12.3 Å². The molecule has 0 spiro atoms. The van der Waals surface area contributed by atoms with E-state index in [1.165, 1.54) is 16.8 Å². The lowest BCUT2D eigenvalue weighted by Gasteiger charge is -2.36. The maximum atomic E-state index is 15.0. The zero-order valence-corrected chi connectivity index (χ0v) is 16.5. The predicted octanol–water partition coefficient (Wildman–Crippen LogP) is 2.16. The minimum atomic E-state index is -1.21. The Kier molecular flexibility index (Phi) is 4.65. The van der Waals surface area contributed by atoms with Crippen molar-refractivity contribution in [1.82, 2.24) is 14.6 Å². The number of benzene rings is 1. The average molecular weight is 412 g/mol. The molecule has 1 saturated heterocycles. The molecule has 0 amide bonds. The average Bonchev–Trinajstić information content (AvgIpc) is 2.75. The van der Waals surface area contributed by atoms with Crippen LogP contribution in [0.15, 0.2) is 41.3 Å². The maximum absolute atomic E-state index is 15.0. The minimum absolute atomic E-state index is 0.129. The van der Waals surface area contributed by atoms with E-state index in [2.05, 4.69) is 10.1 Å². The number of aromatic nitrogens is 3. The highest BCUT2D eigenvalue weighted by molar-refractivity contribution is 5.53. The summed E-state index contributed by atoms with van der Waals surface area (Å²) in [5.74, 6) is 2.42. The first-order chi connectivity index (χ1) is 14.6. The molecule has 2 atom stereocenters. The highest BCUT2D eigenvalue weighted by Crippen LogP contribution is 2.35. The van der Waals surface area contributed by atoms with Gasteiger partial charge < -0.3 is 19.1 Å². The van der Waals surface area contributed by atoms with Crippen molar-refractivity contribution >= 4 is 11.5 Å². The van der Waals surface area contributed by atoms with Gasteiger partial charge in [0.25, 0.3) is 5.56 Å². The molecule has 2 aromatic heterocycles. The fourth-order valence-corrected chi connectivity index (χ4v) is 3.84. The van der Waals surface area contributed by atoms with Gasteiger partial charge in [0.15, 0.2) is 29.1 Å². The number of piperidine rings is 1. The number of hydrogen-bond acceptors (Lipinski definition) is 7. The zero-order valence-electron chi connectivity index (χ0n) is 16.5. The summed E-state index contributed by atoms with van der Waals surface area (Å²) in [6.45, 7) is 3.57. The molecule has 2 aliphatic rings. The van der Waals surface area contributed by atoms with E-state index in [1.54, 1.807) is 24.3 Å². The minimum Gasteiger partial charge on any atom is -0.487 e. The first kappa shape index (κ1) is 18.7. The molecule has 8 nitrogen and oxygen atoms in total. The quantitative estimate of drug-likeness (QED) is 0.652. The van der Waals surface area contributed by atoms with Crippen LogP contribution in [0.3, 0.4) is 0 Å². The Hall–Kier alpha value is -3.36. The van der Waals surface area contributed by atoms with Crippen LogP contribution in [0, 0.1) is 6.92 Å². The molecule has 1 aromatic carbocycles. The van der Waals surface area contributed by atoms with Gasteiger partial charge in [-0.1, -0.05) is 0 Å². The van der Waals surface area contributed by atoms with Gasteiger partial charge in [-0.15, -0.1) is 5.10 Å². The maximum Gasteiger partial charge on any atom is 0.274 e. The van der Waals surface area contributed by atoms with Crippen LogP contribution in [0.1, 0.15) is 12.0 Å². The first-order valence-corrected chi connectivity index (χ1v) is 9.89. The van der Waals surface area contributed by atoms with Crippen LogP contribution in [0.4, 0.5) is 10.2 Å². The second-order valence-corrected chi connectivity index (χ2v) is 7.42. The smallest absolute Gasteiger partial charge is 0.274 e. The first-order valence-electron chi connectivity index (χ1n) is 9.89. The molecule has 4 heterocycles. The van der Waals surface area contributed by atoms with Crippen LogP contribution in [-0.2, 0) is 0 Å². The molecule has 1 fully saturated rings. The van der Waals surface area contributed by atoms with E-state index in [0.717, 1.165) is 5.56 Å². The normalized spacial score (nSPS) is 20.9. The second-order valence-electron chi connectivity index (χ2n) is 7.42. The van der Waals surface area contributed by atoms with Crippen LogP contribution in [0.25, 0.3) is 5.65 Å². The van der Waals surface area contributed by atoms with Gasteiger partial charge in [-0.2, -0.15) is 4.52 Å². The van der Waals surface area contributed by atoms with Crippen LogP contribution in [0.5, 0.6) is 17.2 Å². The number of fused-ring (bicyclic) bond motifs is 2. The summed E-state index contributed by atoms with van der Waals surface area (Å²) < 4.78 is 33.2. The van der Waals surface area contributed by atoms with Gasteiger partial charge in [0.05, 0.1) is 6.54 Å². The van der Waals surface area contributed by atoms with Crippen LogP contribution in [-0.4, -0.2) is 53.2 Å². The fraction of sp³-hybridized carbons (Fsp3) is 0.381. The number of alkyl halides is 1. The van der Waals surface area contributed by atoms with E-state index in [4.69, 9.17) is 14.2 Å². The van der Waals surface area contributed by atoms with Crippen molar-refractivity contribution in [2.45, 2.75) is 25.6 Å². The summed E-state index contributed by atoms with van der Waals surface area (Å²) in [6.07, 6.45) is 0.149. The van der Waals surface area contributed by atoms with E-state index in [0.29, 0.717) is 54.9 Å². The van der Waals surface area contributed by atoms with Crippen molar-refractivity contribution in [2.75, 3.05) is 31.2 Å². The lowest BCUT2D eigenvalue weighted by atomic mass is 10.1. The second kappa shape index (κ2) is 7.47.